The molecule has 36 heavy (non-hydrogen) atoms. The van der Waals surface area contributed by atoms with E-state index in [4.69, 9.17) is 4.74 Å². The van der Waals surface area contributed by atoms with Crippen molar-refractivity contribution in [2.24, 2.45) is 0 Å². The Balaban J connectivity index is 1.34. The highest BCUT2D eigenvalue weighted by molar-refractivity contribution is 7.14. The van der Waals surface area contributed by atoms with Crippen LogP contribution >= 0.6 is 11.3 Å². The van der Waals surface area contributed by atoms with Crippen molar-refractivity contribution in [2.75, 3.05) is 4.90 Å². The largest absolute Gasteiger partial charge is 0.455 e. The molecule has 0 N–H and O–H groups in total. The summed E-state index contributed by atoms with van der Waals surface area (Å²) in [7, 11) is 0. The van der Waals surface area contributed by atoms with Gasteiger partial charge in [0, 0.05) is 35.9 Å². The molecule has 5 rings (SSSR count). The van der Waals surface area contributed by atoms with Gasteiger partial charge < -0.3 is 9.30 Å². The van der Waals surface area contributed by atoms with Gasteiger partial charge in [-0.2, -0.15) is 0 Å². The van der Waals surface area contributed by atoms with Crippen LogP contribution in [0.3, 0.4) is 0 Å². The Morgan fingerprint density at radius 1 is 1.00 bits per heavy atom. The van der Waals surface area contributed by atoms with Crippen molar-refractivity contribution < 1.29 is 18.7 Å². The number of anilines is 2. The van der Waals surface area contributed by atoms with Crippen LogP contribution in [0.15, 0.2) is 90.4 Å². The zero-order valence-corrected chi connectivity index (χ0v) is 20.2. The molecule has 6 nitrogen and oxygen atoms in total. The molecule has 2 heterocycles. The summed E-state index contributed by atoms with van der Waals surface area (Å²) in [5, 5.41) is 2.80. The molecule has 8 heteroatoms. The zero-order chi connectivity index (χ0) is 25.1. The molecule has 1 amide bonds. The lowest BCUT2D eigenvalue weighted by atomic mass is 10.2. The molecule has 3 aromatic carbocycles. The van der Waals surface area contributed by atoms with E-state index in [0.29, 0.717) is 22.9 Å². The van der Waals surface area contributed by atoms with Crippen LogP contribution in [0.25, 0.3) is 10.9 Å². The highest BCUT2D eigenvalue weighted by atomic mass is 32.1. The summed E-state index contributed by atoms with van der Waals surface area (Å²) in [6, 6.07) is 23.7. The lowest BCUT2D eigenvalue weighted by molar-refractivity contribution is -0.115. The summed E-state index contributed by atoms with van der Waals surface area (Å²) < 4.78 is 21.9. The van der Waals surface area contributed by atoms with E-state index in [9.17, 15) is 14.0 Å². The van der Waals surface area contributed by atoms with E-state index < -0.39 is 11.8 Å². The van der Waals surface area contributed by atoms with Crippen LogP contribution in [0, 0.1) is 5.82 Å². The molecule has 0 saturated heterocycles. The van der Waals surface area contributed by atoms with E-state index in [-0.39, 0.29) is 18.2 Å². The summed E-state index contributed by atoms with van der Waals surface area (Å²) in [4.78, 5) is 30.9. The number of para-hydroxylation sites is 2. The van der Waals surface area contributed by atoms with Gasteiger partial charge in [-0.05, 0) is 23.8 Å². The highest BCUT2D eigenvalue weighted by Crippen LogP contribution is 2.31. The van der Waals surface area contributed by atoms with E-state index in [1.54, 1.807) is 17.5 Å². The van der Waals surface area contributed by atoms with Gasteiger partial charge in [0.2, 0.25) is 5.91 Å². The minimum atomic E-state index is -0.525. The number of aromatic nitrogens is 2. The molecule has 0 radical (unpaired) electrons. The highest BCUT2D eigenvalue weighted by Gasteiger charge is 2.22. The molecule has 0 aliphatic rings. The zero-order valence-electron chi connectivity index (χ0n) is 19.4. The van der Waals surface area contributed by atoms with Gasteiger partial charge in [-0.1, -0.05) is 60.7 Å². The number of halogens is 1. The van der Waals surface area contributed by atoms with Crippen molar-refractivity contribution in [3.8, 4) is 0 Å². The fourth-order valence-electron chi connectivity index (χ4n) is 4.04. The average Bonchev–Trinajstić information content (AvgIpc) is 3.50. The Bertz CT molecular complexity index is 1540. The van der Waals surface area contributed by atoms with Gasteiger partial charge in [0.05, 0.1) is 16.9 Å². The van der Waals surface area contributed by atoms with Crippen LogP contribution in [0.5, 0.6) is 0 Å². The number of fused-ring (bicyclic) bond motifs is 1. The van der Waals surface area contributed by atoms with Crippen molar-refractivity contribution in [1.82, 2.24) is 9.55 Å². The monoisotopic (exact) mass is 499 g/mol. The fourth-order valence-corrected chi connectivity index (χ4v) is 4.91. The molecule has 0 spiro atoms. The number of rotatable bonds is 7. The molecule has 5 aromatic rings. The number of amides is 1. The third-order valence-corrected chi connectivity index (χ3v) is 6.57. The third-order valence-electron chi connectivity index (χ3n) is 5.69. The van der Waals surface area contributed by atoms with Crippen LogP contribution in [0.1, 0.15) is 28.5 Å². The fraction of sp³-hybridized carbons (Fsp3) is 0.107. The van der Waals surface area contributed by atoms with E-state index in [2.05, 4.69) is 4.98 Å². The Morgan fingerprint density at radius 3 is 2.50 bits per heavy atom. The SMILES string of the molecule is CC(=O)N(c1nc(COC(=O)c2cn(Cc3ccccc3)c3ccccc23)cs1)c1ccccc1F. The standard InChI is InChI=1S/C28H22FN3O3S/c1-19(33)32(26-14-8-6-12-24(26)29)28-30-21(18-36-28)17-35-27(34)23-16-31(15-20-9-3-2-4-10-20)25-13-7-5-11-22(23)25/h2-14,16,18H,15,17H2,1H3. The van der Waals surface area contributed by atoms with Crippen molar-refractivity contribution in [2.45, 2.75) is 20.1 Å². The second-order valence-corrected chi connectivity index (χ2v) is 9.01. The first kappa shape index (κ1) is 23.4. The van der Waals surface area contributed by atoms with Gasteiger partial charge in [0.1, 0.15) is 12.4 Å². The summed E-state index contributed by atoms with van der Waals surface area (Å²) in [6.07, 6.45) is 1.81. The van der Waals surface area contributed by atoms with Crippen LogP contribution in [0.2, 0.25) is 0 Å². The Labute approximate surface area is 211 Å². The van der Waals surface area contributed by atoms with Gasteiger partial charge in [0.15, 0.2) is 5.13 Å². The normalized spacial score (nSPS) is 10.9. The van der Waals surface area contributed by atoms with Gasteiger partial charge in [0.25, 0.3) is 0 Å². The first-order valence-electron chi connectivity index (χ1n) is 11.3. The molecule has 180 valence electrons. The van der Waals surface area contributed by atoms with Crippen LogP contribution in [-0.4, -0.2) is 21.4 Å². The maximum atomic E-state index is 14.3. The van der Waals surface area contributed by atoms with E-state index >= 15 is 0 Å². The third kappa shape index (κ3) is 4.76. The molecule has 0 bridgehead atoms. The number of thiazole rings is 1. The van der Waals surface area contributed by atoms with Crippen LogP contribution < -0.4 is 4.90 Å². The number of ether oxygens (including phenoxy) is 1. The predicted octanol–water partition coefficient (Wildman–Crippen LogP) is 6.33. The number of carbonyl (C=O) groups is 2. The van der Waals surface area contributed by atoms with Crippen molar-refractivity contribution >= 4 is 44.9 Å². The molecule has 0 unspecified atom stereocenters. The van der Waals surface area contributed by atoms with Crippen molar-refractivity contribution in [3.05, 3.63) is 113 Å². The molecule has 0 fully saturated rings. The predicted molar refractivity (Wildman–Crippen MR) is 138 cm³/mol. The van der Waals surface area contributed by atoms with E-state index in [1.807, 2.05) is 65.4 Å². The molecule has 0 saturated carbocycles. The minimum Gasteiger partial charge on any atom is -0.455 e. The Hall–Kier alpha value is -4.30. The lowest BCUT2D eigenvalue weighted by Crippen LogP contribution is -2.23. The number of carbonyl (C=O) groups excluding carboxylic acids is 2. The maximum absolute atomic E-state index is 14.3. The topological polar surface area (TPSA) is 64.4 Å². The van der Waals surface area contributed by atoms with Gasteiger partial charge in [-0.25, -0.2) is 14.2 Å². The number of esters is 1. The molecular weight excluding hydrogens is 477 g/mol. The average molecular weight is 500 g/mol. The summed E-state index contributed by atoms with van der Waals surface area (Å²) >= 11 is 1.18. The quantitative estimate of drug-likeness (QED) is 0.246. The second-order valence-electron chi connectivity index (χ2n) is 8.18. The number of nitrogens with zero attached hydrogens (tertiary/aromatic N) is 3. The van der Waals surface area contributed by atoms with Crippen molar-refractivity contribution in [1.29, 1.82) is 0 Å². The smallest absolute Gasteiger partial charge is 0.340 e. The first-order valence-corrected chi connectivity index (χ1v) is 12.2. The van der Waals surface area contributed by atoms with Crippen LogP contribution in [-0.2, 0) is 22.7 Å². The molecule has 2 aromatic heterocycles. The van der Waals surface area contributed by atoms with Crippen LogP contribution in [0.4, 0.5) is 15.2 Å². The number of hydrogen-bond acceptors (Lipinski definition) is 5. The first-order chi connectivity index (χ1) is 17.5. The van der Waals surface area contributed by atoms with E-state index in [0.717, 1.165) is 16.5 Å². The minimum absolute atomic E-state index is 0.0729. The molecule has 0 aliphatic heterocycles. The molecule has 0 atom stereocenters. The van der Waals surface area contributed by atoms with Gasteiger partial charge >= 0.3 is 5.97 Å². The van der Waals surface area contributed by atoms with Crippen molar-refractivity contribution in [3.63, 3.8) is 0 Å². The van der Waals surface area contributed by atoms with E-state index in [1.165, 1.54) is 35.3 Å². The Morgan fingerprint density at radius 2 is 1.72 bits per heavy atom. The summed E-state index contributed by atoms with van der Waals surface area (Å²) in [5.41, 5.74) is 3.12. The second kappa shape index (κ2) is 10.1. The summed E-state index contributed by atoms with van der Waals surface area (Å²) in [5.74, 6) is -1.36. The van der Waals surface area contributed by atoms with Gasteiger partial charge in [-0.3, -0.25) is 9.69 Å². The molecule has 0 aliphatic carbocycles. The number of hydrogen-bond donors (Lipinski definition) is 0. The lowest BCUT2D eigenvalue weighted by Gasteiger charge is -2.18. The maximum Gasteiger partial charge on any atom is 0.340 e. The Kier molecular flexibility index (Phi) is 6.60. The number of benzene rings is 3. The summed E-state index contributed by atoms with van der Waals surface area (Å²) in [6.45, 7) is 1.90. The molecular formula is C28H22FN3O3S. The van der Waals surface area contributed by atoms with Gasteiger partial charge in [-0.15, -0.1) is 11.3 Å².